The van der Waals surface area contributed by atoms with Crippen LogP contribution >= 0.6 is 0 Å². The third-order valence-electron chi connectivity index (χ3n) is 2.81. The van der Waals surface area contributed by atoms with Crippen molar-refractivity contribution in [3.63, 3.8) is 0 Å². The molecule has 1 aromatic rings. The van der Waals surface area contributed by atoms with Gasteiger partial charge in [-0.1, -0.05) is 13.8 Å². The van der Waals surface area contributed by atoms with Gasteiger partial charge in [-0.3, -0.25) is 4.79 Å². The Morgan fingerprint density at radius 3 is 2.63 bits per heavy atom. The summed E-state index contributed by atoms with van der Waals surface area (Å²) in [5, 5.41) is 3.29. The number of nitrogens with zero attached hydrogens (tertiary/aromatic N) is 3. The van der Waals surface area contributed by atoms with E-state index in [1.165, 1.54) is 0 Å². The Morgan fingerprint density at radius 2 is 2.11 bits per heavy atom. The van der Waals surface area contributed by atoms with Crippen molar-refractivity contribution in [2.45, 2.75) is 39.8 Å². The van der Waals surface area contributed by atoms with Gasteiger partial charge in [0.2, 0.25) is 5.91 Å². The van der Waals surface area contributed by atoms with Crippen LogP contribution in [0.2, 0.25) is 0 Å². The lowest BCUT2D eigenvalue weighted by Crippen LogP contribution is -2.44. The van der Waals surface area contributed by atoms with E-state index in [-0.39, 0.29) is 11.9 Å². The fraction of sp³-hybridized carbons (Fsp3) is 0.643. The van der Waals surface area contributed by atoms with Crippen LogP contribution in [0, 0.1) is 12.8 Å². The lowest BCUT2D eigenvalue weighted by Gasteiger charge is -2.23. The zero-order chi connectivity index (χ0) is 14.4. The molecular weight excluding hydrogens is 240 g/mol. The molecule has 0 aliphatic carbocycles. The Bertz CT molecular complexity index is 418. The van der Waals surface area contributed by atoms with Crippen molar-refractivity contribution in [2.75, 3.05) is 14.1 Å². The topological polar surface area (TPSA) is 58.1 Å². The summed E-state index contributed by atoms with van der Waals surface area (Å²) in [4.78, 5) is 22.1. The molecular formula is C14H24N4O. The zero-order valence-corrected chi connectivity index (χ0v) is 12.5. The second kappa shape index (κ2) is 7.19. The number of aryl methyl sites for hydroxylation is 1. The second-order valence-electron chi connectivity index (χ2n) is 5.39. The molecule has 0 saturated heterocycles. The number of hydrogen-bond acceptors (Lipinski definition) is 4. The van der Waals surface area contributed by atoms with E-state index in [1.54, 1.807) is 25.2 Å². The van der Waals surface area contributed by atoms with Gasteiger partial charge in [-0.25, -0.2) is 9.97 Å². The predicted molar refractivity (Wildman–Crippen MR) is 75.5 cm³/mol. The van der Waals surface area contributed by atoms with Crippen LogP contribution in [0.4, 0.5) is 0 Å². The van der Waals surface area contributed by atoms with Gasteiger partial charge in [-0.2, -0.15) is 0 Å². The number of amides is 1. The zero-order valence-electron chi connectivity index (χ0n) is 12.5. The number of likely N-dealkylation sites (N-methyl/N-ethyl adjacent to an activating group) is 1. The molecule has 1 amide bonds. The molecule has 1 unspecified atom stereocenters. The van der Waals surface area contributed by atoms with Crippen molar-refractivity contribution in [3.8, 4) is 0 Å². The van der Waals surface area contributed by atoms with Crippen LogP contribution in [-0.2, 0) is 11.3 Å². The fourth-order valence-electron chi connectivity index (χ4n) is 1.89. The number of carbonyl (C=O) groups is 1. The van der Waals surface area contributed by atoms with Crippen molar-refractivity contribution in [1.82, 2.24) is 20.2 Å². The Labute approximate surface area is 115 Å². The number of hydrogen-bond donors (Lipinski definition) is 1. The van der Waals surface area contributed by atoms with Crippen molar-refractivity contribution in [3.05, 3.63) is 23.8 Å². The van der Waals surface area contributed by atoms with Gasteiger partial charge in [0.25, 0.3) is 0 Å². The number of carbonyl (C=O) groups excluding carboxylic acids is 1. The summed E-state index contributed by atoms with van der Waals surface area (Å²) in [6.45, 7) is 6.68. The van der Waals surface area contributed by atoms with E-state index >= 15 is 0 Å². The van der Waals surface area contributed by atoms with Crippen LogP contribution < -0.4 is 5.32 Å². The Kier molecular flexibility index (Phi) is 5.89. The van der Waals surface area contributed by atoms with Gasteiger partial charge in [0, 0.05) is 26.8 Å². The molecule has 106 valence electrons. The molecule has 5 heteroatoms. The molecule has 1 atom stereocenters. The Morgan fingerprint density at radius 1 is 1.42 bits per heavy atom. The highest BCUT2D eigenvalue weighted by molar-refractivity contribution is 5.81. The van der Waals surface area contributed by atoms with E-state index in [1.807, 2.05) is 13.0 Å². The average molecular weight is 264 g/mol. The third kappa shape index (κ3) is 5.34. The molecule has 0 bridgehead atoms. The van der Waals surface area contributed by atoms with E-state index in [0.717, 1.165) is 17.9 Å². The van der Waals surface area contributed by atoms with Gasteiger partial charge in [-0.05, 0) is 25.3 Å². The fourth-order valence-corrected chi connectivity index (χ4v) is 1.89. The molecule has 0 radical (unpaired) electrons. The SMILES string of the molecule is Cc1nccc(CNC(CC(C)C)C(=O)N(C)C)n1. The number of nitrogens with one attached hydrogen (secondary N) is 1. The van der Waals surface area contributed by atoms with Crippen LogP contribution in [0.1, 0.15) is 31.8 Å². The largest absolute Gasteiger partial charge is 0.347 e. The lowest BCUT2D eigenvalue weighted by atomic mass is 10.0. The standard InChI is InChI=1S/C14H24N4O/c1-10(2)8-13(14(19)18(4)5)16-9-12-6-7-15-11(3)17-12/h6-7,10,13,16H,8-9H2,1-5H3. The van der Waals surface area contributed by atoms with Crippen LogP contribution in [-0.4, -0.2) is 40.9 Å². The minimum Gasteiger partial charge on any atom is -0.347 e. The summed E-state index contributed by atoms with van der Waals surface area (Å²) < 4.78 is 0. The average Bonchev–Trinajstić information content (AvgIpc) is 2.33. The predicted octanol–water partition coefficient (Wildman–Crippen LogP) is 1.38. The molecule has 1 aromatic heterocycles. The minimum atomic E-state index is -0.162. The second-order valence-corrected chi connectivity index (χ2v) is 5.39. The monoisotopic (exact) mass is 264 g/mol. The maximum Gasteiger partial charge on any atom is 0.239 e. The first kappa shape index (κ1) is 15.6. The van der Waals surface area contributed by atoms with Gasteiger partial charge in [-0.15, -0.1) is 0 Å². The van der Waals surface area contributed by atoms with Crippen molar-refractivity contribution < 1.29 is 4.79 Å². The molecule has 1 heterocycles. The van der Waals surface area contributed by atoms with Gasteiger partial charge in [0.15, 0.2) is 0 Å². The maximum absolute atomic E-state index is 12.1. The van der Waals surface area contributed by atoms with Gasteiger partial charge >= 0.3 is 0 Å². The smallest absolute Gasteiger partial charge is 0.239 e. The van der Waals surface area contributed by atoms with Crippen molar-refractivity contribution in [1.29, 1.82) is 0 Å². The minimum absolute atomic E-state index is 0.111. The molecule has 0 fully saturated rings. The number of rotatable bonds is 6. The third-order valence-corrected chi connectivity index (χ3v) is 2.81. The molecule has 19 heavy (non-hydrogen) atoms. The summed E-state index contributed by atoms with van der Waals surface area (Å²) in [6.07, 6.45) is 2.56. The first-order valence-corrected chi connectivity index (χ1v) is 6.63. The summed E-state index contributed by atoms with van der Waals surface area (Å²) in [6, 6.07) is 1.71. The number of aromatic nitrogens is 2. The summed E-state index contributed by atoms with van der Waals surface area (Å²) in [5.74, 6) is 1.33. The lowest BCUT2D eigenvalue weighted by molar-refractivity contribution is -0.131. The highest BCUT2D eigenvalue weighted by Crippen LogP contribution is 2.07. The molecule has 0 aliphatic rings. The highest BCUT2D eigenvalue weighted by atomic mass is 16.2. The summed E-state index contributed by atoms with van der Waals surface area (Å²) in [7, 11) is 3.57. The van der Waals surface area contributed by atoms with Gasteiger partial charge < -0.3 is 10.2 Å². The van der Waals surface area contributed by atoms with Crippen molar-refractivity contribution in [2.24, 2.45) is 5.92 Å². The van der Waals surface area contributed by atoms with Gasteiger partial charge in [0.05, 0.1) is 11.7 Å². The van der Waals surface area contributed by atoms with E-state index in [2.05, 4.69) is 29.1 Å². The van der Waals surface area contributed by atoms with Crippen LogP contribution in [0.3, 0.4) is 0 Å². The van der Waals surface area contributed by atoms with Crippen LogP contribution in [0.25, 0.3) is 0 Å². The molecule has 0 aliphatic heterocycles. The summed E-state index contributed by atoms with van der Waals surface area (Å²) >= 11 is 0. The highest BCUT2D eigenvalue weighted by Gasteiger charge is 2.20. The molecule has 0 saturated carbocycles. The van der Waals surface area contributed by atoms with Crippen LogP contribution in [0.15, 0.2) is 12.3 Å². The molecule has 0 aromatic carbocycles. The molecule has 5 nitrogen and oxygen atoms in total. The maximum atomic E-state index is 12.1. The first-order valence-electron chi connectivity index (χ1n) is 6.63. The Hall–Kier alpha value is -1.49. The quantitative estimate of drug-likeness (QED) is 0.843. The summed E-state index contributed by atoms with van der Waals surface area (Å²) in [5.41, 5.74) is 0.910. The van der Waals surface area contributed by atoms with E-state index in [9.17, 15) is 4.79 Å². The molecule has 1 N–H and O–H groups in total. The van der Waals surface area contributed by atoms with Crippen LogP contribution in [0.5, 0.6) is 0 Å². The van der Waals surface area contributed by atoms with E-state index < -0.39 is 0 Å². The normalized spacial score (nSPS) is 12.5. The van der Waals surface area contributed by atoms with E-state index in [0.29, 0.717) is 12.5 Å². The first-order chi connectivity index (χ1) is 8.90. The Balaban J connectivity index is 2.65. The van der Waals surface area contributed by atoms with Crippen molar-refractivity contribution >= 4 is 5.91 Å². The van der Waals surface area contributed by atoms with Gasteiger partial charge in [0.1, 0.15) is 5.82 Å². The molecule has 1 rings (SSSR count). The van der Waals surface area contributed by atoms with E-state index in [4.69, 9.17) is 0 Å². The molecule has 0 spiro atoms.